The normalized spacial score (nSPS) is 11.9. The molecule has 4 heteroatoms. The van der Waals surface area contributed by atoms with Crippen LogP contribution >= 0.6 is 15.9 Å². The molecule has 0 unspecified atom stereocenters. The Hall–Kier alpha value is -0.480. The number of benzene rings is 1. The molecule has 1 aromatic carbocycles. The van der Waals surface area contributed by atoms with Crippen LogP contribution in [0.2, 0.25) is 0 Å². The summed E-state index contributed by atoms with van der Waals surface area (Å²) in [5, 5.41) is 8.85. The van der Waals surface area contributed by atoms with E-state index in [2.05, 4.69) is 15.9 Å². The number of rotatable bonds is 3. The monoisotopic (exact) mass is 278 g/mol. The molecular formula is C11H13BrF2O. The van der Waals surface area contributed by atoms with Gasteiger partial charge in [0, 0.05) is 6.61 Å². The van der Waals surface area contributed by atoms with Crippen LogP contribution in [0.15, 0.2) is 16.6 Å². The fourth-order valence-corrected chi connectivity index (χ4v) is 1.77. The van der Waals surface area contributed by atoms with Crippen LogP contribution in [0.4, 0.5) is 8.78 Å². The van der Waals surface area contributed by atoms with Crippen LogP contribution in [0.25, 0.3) is 0 Å². The number of hydrogen-bond donors (Lipinski definition) is 1. The predicted molar refractivity (Wildman–Crippen MR) is 58.8 cm³/mol. The van der Waals surface area contributed by atoms with E-state index < -0.39 is 17.0 Å². The molecule has 0 aromatic heterocycles. The highest BCUT2D eigenvalue weighted by Crippen LogP contribution is 2.31. The van der Waals surface area contributed by atoms with Crippen LogP contribution in [0.1, 0.15) is 25.8 Å². The second-order valence-electron chi connectivity index (χ2n) is 4.10. The lowest BCUT2D eigenvalue weighted by molar-refractivity contribution is 0.249. The molecule has 0 saturated carbocycles. The molecule has 0 amide bonds. The van der Waals surface area contributed by atoms with Crippen LogP contribution in [-0.4, -0.2) is 11.7 Å². The van der Waals surface area contributed by atoms with E-state index in [-0.39, 0.29) is 16.6 Å². The molecule has 0 heterocycles. The average molecular weight is 279 g/mol. The minimum Gasteiger partial charge on any atom is -0.396 e. The number of hydrogen-bond acceptors (Lipinski definition) is 1. The maximum atomic E-state index is 13.6. The van der Waals surface area contributed by atoms with Crippen molar-refractivity contribution in [3.63, 3.8) is 0 Å². The third-order valence-electron chi connectivity index (χ3n) is 2.48. The molecule has 0 radical (unpaired) electrons. The van der Waals surface area contributed by atoms with Gasteiger partial charge in [0.15, 0.2) is 0 Å². The Morgan fingerprint density at radius 2 is 1.87 bits per heavy atom. The van der Waals surface area contributed by atoms with Crippen molar-refractivity contribution in [2.75, 3.05) is 6.61 Å². The standard InChI is InChI=1S/C11H13BrF2O/c1-11(2,3-4-15)7-5-10(14)8(12)6-9(7)13/h5-6,15H,3-4H2,1-2H3. The molecular weight excluding hydrogens is 266 g/mol. The molecule has 0 spiro atoms. The minimum atomic E-state index is -0.569. The van der Waals surface area contributed by atoms with Crippen LogP contribution in [-0.2, 0) is 5.41 Å². The highest BCUT2D eigenvalue weighted by atomic mass is 79.9. The van der Waals surface area contributed by atoms with Crippen molar-refractivity contribution in [3.8, 4) is 0 Å². The van der Waals surface area contributed by atoms with E-state index in [4.69, 9.17) is 5.11 Å². The molecule has 0 fully saturated rings. The first-order valence-corrected chi connectivity index (χ1v) is 5.43. The molecule has 1 aromatic rings. The van der Waals surface area contributed by atoms with Crippen molar-refractivity contribution >= 4 is 15.9 Å². The lowest BCUT2D eigenvalue weighted by Crippen LogP contribution is -2.21. The van der Waals surface area contributed by atoms with Gasteiger partial charge in [0.05, 0.1) is 4.47 Å². The lowest BCUT2D eigenvalue weighted by Gasteiger charge is -2.25. The Morgan fingerprint density at radius 3 is 2.40 bits per heavy atom. The first-order chi connectivity index (χ1) is 6.88. The summed E-state index contributed by atoms with van der Waals surface area (Å²) in [4.78, 5) is 0. The summed E-state index contributed by atoms with van der Waals surface area (Å²) in [6.07, 6.45) is 0.394. The van der Waals surface area contributed by atoms with Crippen molar-refractivity contribution in [2.24, 2.45) is 0 Å². The first-order valence-electron chi connectivity index (χ1n) is 4.64. The molecule has 84 valence electrons. The maximum absolute atomic E-state index is 13.6. The summed E-state index contributed by atoms with van der Waals surface area (Å²) in [6, 6.07) is 2.29. The Labute approximate surface area is 96.2 Å². The molecule has 0 aliphatic rings. The van der Waals surface area contributed by atoms with Gasteiger partial charge in [-0.15, -0.1) is 0 Å². The Kier molecular flexibility index (Phi) is 3.84. The van der Waals surface area contributed by atoms with Crippen LogP contribution in [0.3, 0.4) is 0 Å². The van der Waals surface area contributed by atoms with E-state index in [9.17, 15) is 8.78 Å². The largest absolute Gasteiger partial charge is 0.396 e. The second-order valence-corrected chi connectivity index (χ2v) is 4.96. The minimum absolute atomic E-state index is 0.0515. The molecule has 15 heavy (non-hydrogen) atoms. The number of aliphatic hydroxyl groups is 1. The second kappa shape index (κ2) is 4.58. The zero-order valence-electron chi connectivity index (χ0n) is 8.65. The summed E-state index contributed by atoms with van der Waals surface area (Å²) in [5.74, 6) is -0.945. The Balaban J connectivity index is 3.19. The SMILES string of the molecule is CC(C)(CCO)c1cc(F)c(Br)cc1F. The van der Waals surface area contributed by atoms with Gasteiger partial charge in [0.25, 0.3) is 0 Å². The summed E-state index contributed by atoms with van der Waals surface area (Å²) in [7, 11) is 0. The van der Waals surface area contributed by atoms with Crippen molar-refractivity contribution in [3.05, 3.63) is 33.8 Å². The van der Waals surface area contributed by atoms with Gasteiger partial charge in [-0.3, -0.25) is 0 Å². The van der Waals surface area contributed by atoms with Gasteiger partial charge in [-0.05, 0) is 45.5 Å². The van der Waals surface area contributed by atoms with Crippen molar-refractivity contribution in [2.45, 2.75) is 25.7 Å². The highest BCUT2D eigenvalue weighted by Gasteiger charge is 2.24. The van der Waals surface area contributed by atoms with Gasteiger partial charge in [-0.2, -0.15) is 0 Å². The molecule has 0 aliphatic heterocycles. The fraction of sp³-hybridized carbons (Fsp3) is 0.455. The summed E-state index contributed by atoms with van der Waals surface area (Å²) in [6.45, 7) is 3.49. The molecule has 0 atom stereocenters. The first kappa shape index (κ1) is 12.6. The summed E-state index contributed by atoms with van der Waals surface area (Å²) >= 11 is 2.92. The van der Waals surface area contributed by atoms with E-state index >= 15 is 0 Å². The van der Waals surface area contributed by atoms with E-state index in [0.29, 0.717) is 6.42 Å². The zero-order valence-corrected chi connectivity index (χ0v) is 10.2. The van der Waals surface area contributed by atoms with Crippen molar-refractivity contribution in [1.82, 2.24) is 0 Å². The Bertz CT molecular complexity index is 364. The van der Waals surface area contributed by atoms with E-state index in [1.54, 1.807) is 13.8 Å². The lowest BCUT2D eigenvalue weighted by atomic mass is 9.81. The topological polar surface area (TPSA) is 20.2 Å². The third kappa shape index (κ3) is 2.75. The predicted octanol–water partition coefficient (Wildman–Crippen LogP) is 3.39. The molecule has 1 N–H and O–H groups in total. The fourth-order valence-electron chi connectivity index (χ4n) is 1.46. The van der Waals surface area contributed by atoms with E-state index in [0.717, 1.165) is 6.07 Å². The maximum Gasteiger partial charge on any atom is 0.137 e. The van der Waals surface area contributed by atoms with E-state index in [1.165, 1.54) is 6.07 Å². The molecule has 1 nitrogen and oxygen atoms in total. The van der Waals surface area contributed by atoms with Gasteiger partial charge in [-0.25, -0.2) is 8.78 Å². The quantitative estimate of drug-likeness (QED) is 0.841. The summed E-state index contributed by atoms with van der Waals surface area (Å²) < 4.78 is 26.9. The van der Waals surface area contributed by atoms with Crippen LogP contribution in [0.5, 0.6) is 0 Å². The van der Waals surface area contributed by atoms with Gasteiger partial charge in [0.1, 0.15) is 11.6 Å². The van der Waals surface area contributed by atoms with Crippen molar-refractivity contribution < 1.29 is 13.9 Å². The Morgan fingerprint density at radius 1 is 1.27 bits per heavy atom. The molecule has 0 aliphatic carbocycles. The smallest absolute Gasteiger partial charge is 0.137 e. The molecule has 0 bridgehead atoms. The van der Waals surface area contributed by atoms with Gasteiger partial charge < -0.3 is 5.11 Å². The van der Waals surface area contributed by atoms with Crippen LogP contribution < -0.4 is 0 Å². The number of aliphatic hydroxyl groups excluding tert-OH is 1. The highest BCUT2D eigenvalue weighted by molar-refractivity contribution is 9.10. The summed E-state index contributed by atoms with van der Waals surface area (Å²) in [5.41, 5.74) is -0.280. The third-order valence-corrected chi connectivity index (χ3v) is 3.08. The zero-order chi connectivity index (χ0) is 11.6. The van der Waals surface area contributed by atoms with Crippen molar-refractivity contribution in [1.29, 1.82) is 0 Å². The molecule has 1 rings (SSSR count). The van der Waals surface area contributed by atoms with E-state index in [1.807, 2.05) is 0 Å². The average Bonchev–Trinajstić information content (AvgIpc) is 2.11. The molecule has 0 saturated heterocycles. The van der Waals surface area contributed by atoms with Gasteiger partial charge in [0.2, 0.25) is 0 Å². The van der Waals surface area contributed by atoms with Crippen LogP contribution in [0, 0.1) is 11.6 Å². The van der Waals surface area contributed by atoms with Gasteiger partial charge >= 0.3 is 0 Å². The number of halogens is 3. The van der Waals surface area contributed by atoms with Gasteiger partial charge in [-0.1, -0.05) is 13.8 Å².